The van der Waals surface area contributed by atoms with Crippen LogP contribution in [0.2, 0.25) is 0 Å². The van der Waals surface area contributed by atoms with Gasteiger partial charge in [0.05, 0.1) is 11.8 Å². The third-order valence-electron chi connectivity index (χ3n) is 4.59. The van der Waals surface area contributed by atoms with Crippen molar-refractivity contribution in [3.05, 3.63) is 59.7 Å². The van der Waals surface area contributed by atoms with Gasteiger partial charge in [0.1, 0.15) is 12.0 Å². The molecule has 3 heterocycles. The average Bonchev–Trinajstić information content (AvgIpc) is 3.21. The van der Waals surface area contributed by atoms with E-state index in [9.17, 15) is 9.59 Å². The van der Waals surface area contributed by atoms with E-state index in [0.29, 0.717) is 30.9 Å². The standard InChI is InChI=1S/C19H19N3O3/c1-12-2-3-16-15(6-12)7-17(21-16)19(24)22-9-13(10-22)8-20-18(23)14-4-5-25-11-14/h2-7,11,13,21H,8-10H2,1H3,(H,20,23). The lowest BCUT2D eigenvalue weighted by atomic mass is 9.99. The van der Waals surface area contributed by atoms with Crippen LogP contribution in [0.4, 0.5) is 0 Å². The van der Waals surface area contributed by atoms with Crippen LogP contribution in [-0.4, -0.2) is 41.3 Å². The highest BCUT2D eigenvalue weighted by atomic mass is 16.3. The summed E-state index contributed by atoms with van der Waals surface area (Å²) in [5.74, 6) is 0.141. The summed E-state index contributed by atoms with van der Waals surface area (Å²) in [5, 5.41) is 3.92. The summed E-state index contributed by atoms with van der Waals surface area (Å²) < 4.78 is 4.90. The molecule has 1 aliphatic rings. The van der Waals surface area contributed by atoms with Gasteiger partial charge in [-0.2, -0.15) is 0 Å². The largest absolute Gasteiger partial charge is 0.472 e. The van der Waals surface area contributed by atoms with E-state index in [1.807, 2.05) is 25.1 Å². The van der Waals surface area contributed by atoms with Crippen molar-refractivity contribution in [1.82, 2.24) is 15.2 Å². The zero-order valence-corrected chi connectivity index (χ0v) is 13.9. The van der Waals surface area contributed by atoms with Gasteiger partial charge in [0, 0.05) is 36.5 Å². The molecule has 3 aromatic rings. The summed E-state index contributed by atoms with van der Waals surface area (Å²) in [6, 6.07) is 9.61. The highest BCUT2D eigenvalue weighted by Gasteiger charge is 2.32. The Kier molecular flexibility index (Phi) is 3.80. The maximum Gasteiger partial charge on any atom is 0.270 e. The van der Waals surface area contributed by atoms with E-state index in [4.69, 9.17) is 4.42 Å². The topological polar surface area (TPSA) is 78.3 Å². The normalized spacial score (nSPS) is 14.5. The number of benzene rings is 1. The van der Waals surface area contributed by atoms with Crippen molar-refractivity contribution in [2.45, 2.75) is 6.92 Å². The van der Waals surface area contributed by atoms with E-state index < -0.39 is 0 Å². The zero-order chi connectivity index (χ0) is 17.4. The van der Waals surface area contributed by atoms with Gasteiger partial charge in [-0.1, -0.05) is 11.6 Å². The quantitative estimate of drug-likeness (QED) is 0.768. The minimum absolute atomic E-state index is 0.00580. The molecule has 1 aromatic carbocycles. The Morgan fingerprint density at radius 3 is 2.88 bits per heavy atom. The summed E-state index contributed by atoms with van der Waals surface area (Å²) in [7, 11) is 0. The first kappa shape index (κ1) is 15.5. The predicted octanol–water partition coefficient (Wildman–Crippen LogP) is 2.57. The van der Waals surface area contributed by atoms with Gasteiger partial charge in [0.2, 0.25) is 0 Å². The van der Waals surface area contributed by atoms with E-state index in [-0.39, 0.29) is 17.7 Å². The fourth-order valence-electron chi connectivity index (χ4n) is 3.14. The van der Waals surface area contributed by atoms with Crippen molar-refractivity contribution >= 4 is 22.7 Å². The minimum Gasteiger partial charge on any atom is -0.472 e. The Hall–Kier alpha value is -3.02. The summed E-state index contributed by atoms with van der Waals surface area (Å²) in [6.45, 7) is 3.89. The lowest BCUT2D eigenvalue weighted by molar-refractivity contribution is 0.0493. The molecule has 0 saturated carbocycles. The molecule has 1 saturated heterocycles. The van der Waals surface area contributed by atoms with Gasteiger partial charge < -0.3 is 19.6 Å². The number of carbonyl (C=O) groups is 2. The number of furan rings is 1. The average molecular weight is 337 g/mol. The van der Waals surface area contributed by atoms with Crippen molar-refractivity contribution in [1.29, 1.82) is 0 Å². The van der Waals surface area contributed by atoms with E-state index in [1.165, 1.54) is 18.1 Å². The lowest BCUT2D eigenvalue weighted by Crippen LogP contribution is -2.53. The molecule has 0 unspecified atom stereocenters. The first-order chi connectivity index (χ1) is 12.1. The monoisotopic (exact) mass is 337 g/mol. The summed E-state index contributed by atoms with van der Waals surface area (Å²) in [5.41, 5.74) is 3.27. The smallest absolute Gasteiger partial charge is 0.270 e. The lowest BCUT2D eigenvalue weighted by Gasteiger charge is -2.39. The summed E-state index contributed by atoms with van der Waals surface area (Å²) >= 11 is 0. The number of nitrogens with one attached hydrogen (secondary N) is 2. The number of likely N-dealkylation sites (tertiary alicyclic amines) is 1. The van der Waals surface area contributed by atoms with Gasteiger partial charge in [-0.3, -0.25) is 9.59 Å². The number of aromatic nitrogens is 1. The number of H-pyrrole nitrogens is 1. The fourth-order valence-corrected chi connectivity index (χ4v) is 3.14. The van der Waals surface area contributed by atoms with Crippen LogP contribution in [0.3, 0.4) is 0 Å². The van der Waals surface area contributed by atoms with Crippen molar-refractivity contribution in [3.63, 3.8) is 0 Å². The highest BCUT2D eigenvalue weighted by molar-refractivity contribution is 5.98. The van der Waals surface area contributed by atoms with Gasteiger partial charge in [-0.25, -0.2) is 0 Å². The van der Waals surface area contributed by atoms with Crippen molar-refractivity contribution in [2.75, 3.05) is 19.6 Å². The molecule has 6 heteroatoms. The van der Waals surface area contributed by atoms with Crippen LogP contribution in [0.5, 0.6) is 0 Å². The van der Waals surface area contributed by atoms with Gasteiger partial charge in [-0.05, 0) is 31.2 Å². The van der Waals surface area contributed by atoms with Gasteiger partial charge >= 0.3 is 0 Å². The summed E-state index contributed by atoms with van der Waals surface area (Å²) in [6.07, 6.45) is 2.89. The molecular weight excluding hydrogens is 318 g/mol. The number of carbonyl (C=O) groups excluding carboxylic acids is 2. The van der Waals surface area contributed by atoms with Gasteiger partial charge in [0.25, 0.3) is 11.8 Å². The molecule has 2 amide bonds. The van der Waals surface area contributed by atoms with Crippen LogP contribution in [0, 0.1) is 12.8 Å². The fraction of sp³-hybridized carbons (Fsp3) is 0.263. The molecule has 1 aliphatic heterocycles. The third-order valence-corrected chi connectivity index (χ3v) is 4.59. The van der Waals surface area contributed by atoms with E-state index >= 15 is 0 Å². The van der Waals surface area contributed by atoms with Gasteiger partial charge in [-0.15, -0.1) is 0 Å². The molecule has 0 atom stereocenters. The van der Waals surface area contributed by atoms with Crippen LogP contribution >= 0.6 is 0 Å². The zero-order valence-electron chi connectivity index (χ0n) is 13.9. The number of fused-ring (bicyclic) bond motifs is 1. The number of amides is 2. The molecular formula is C19H19N3O3. The first-order valence-corrected chi connectivity index (χ1v) is 8.29. The van der Waals surface area contributed by atoms with E-state index in [0.717, 1.165) is 10.9 Å². The number of hydrogen-bond donors (Lipinski definition) is 2. The molecule has 0 spiro atoms. The van der Waals surface area contributed by atoms with Crippen LogP contribution in [-0.2, 0) is 0 Å². The maximum atomic E-state index is 12.5. The number of hydrogen-bond acceptors (Lipinski definition) is 3. The molecule has 6 nitrogen and oxygen atoms in total. The Morgan fingerprint density at radius 1 is 1.28 bits per heavy atom. The van der Waals surface area contributed by atoms with Crippen LogP contribution in [0.1, 0.15) is 26.4 Å². The molecule has 1 fully saturated rings. The van der Waals surface area contributed by atoms with Crippen LogP contribution in [0.25, 0.3) is 10.9 Å². The molecule has 2 N–H and O–H groups in total. The molecule has 4 rings (SSSR count). The highest BCUT2D eigenvalue weighted by Crippen LogP contribution is 2.22. The number of nitrogens with zero attached hydrogens (tertiary/aromatic N) is 1. The second-order valence-corrected chi connectivity index (χ2v) is 6.57. The molecule has 0 radical (unpaired) electrons. The van der Waals surface area contributed by atoms with E-state index in [2.05, 4.69) is 16.4 Å². The maximum absolute atomic E-state index is 12.5. The number of rotatable bonds is 4. The van der Waals surface area contributed by atoms with Crippen LogP contribution < -0.4 is 5.32 Å². The Bertz CT molecular complexity index is 921. The van der Waals surface area contributed by atoms with Crippen molar-refractivity contribution in [2.24, 2.45) is 5.92 Å². The number of aromatic amines is 1. The molecule has 0 aliphatic carbocycles. The molecule has 0 bridgehead atoms. The summed E-state index contributed by atoms with van der Waals surface area (Å²) in [4.78, 5) is 29.4. The Balaban J connectivity index is 1.32. The second kappa shape index (κ2) is 6.12. The van der Waals surface area contributed by atoms with E-state index in [1.54, 1.807) is 11.0 Å². The third kappa shape index (κ3) is 3.03. The van der Waals surface area contributed by atoms with Crippen molar-refractivity contribution in [3.8, 4) is 0 Å². The van der Waals surface area contributed by atoms with Crippen molar-refractivity contribution < 1.29 is 14.0 Å². The van der Waals surface area contributed by atoms with Gasteiger partial charge in [0.15, 0.2) is 0 Å². The molecule has 25 heavy (non-hydrogen) atoms. The molecule has 2 aromatic heterocycles. The SMILES string of the molecule is Cc1ccc2[nH]c(C(=O)N3CC(CNC(=O)c4ccoc4)C3)cc2c1. The Labute approximate surface area is 144 Å². The van der Waals surface area contributed by atoms with Crippen LogP contribution in [0.15, 0.2) is 47.3 Å². The molecule has 128 valence electrons. The number of aryl methyl sites for hydroxylation is 1. The second-order valence-electron chi connectivity index (χ2n) is 6.57. The minimum atomic E-state index is -0.149. The predicted molar refractivity (Wildman–Crippen MR) is 93.5 cm³/mol. The Morgan fingerprint density at radius 2 is 2.12 bits per heavy atom. The first-order valence-electron chi connectivity index (χ1n) is 8.29.